The fourth-order valence-electron chi connectivity index (χ4n) is 1.41. The van der Waals surface area contributed by atoms with Gasteiger partial charge in [-0.2, -0.15) is 0 Å². The summed E-state index contributed by atoms with van der Waals surface area (Å²) in [5, 5.41) is 3.62. The highest BCUT2D eigenvalue weighted by atomic mass is 35.5. The summed E-state index contributed by atoms with van der Waals surface area (Å²) in [6, 6.07) is 4.66. The van der Waals surface area contributed by atoms with Crippen molar-refractivity contribution in [3.8, 4) is 0 Å². The van der Waals surface area contributed by atoms with E-state index in [0.29, 0.717) is 10.0 Å². The Morgan fingerprint density at radius 3 is 2.32 bits per heavy atom. The molecule has 0 fully saturated rings. The van der Waals surface area contributed by atoms with Crippen LogP contribution in [0.5, 0.6) is 0 Å². The Labute approximate surface area is 123 Å². The van der Waals surface area contributed by atoms with E-state index in [1.807, 2.05) is 0 Å². The number of nitrogens with one attached hydrogen (secondary N) is 1. The molecule has 0 aromatic heterocycles. The largest absolute Gasteiger partial charge is 0.444 e. The van der Waals surface area contributed by atoms with Crippen molar-refractivity contribution in [3.63, 3.8) is 0 Å². The van der Waals surface area contributed by atoms with Crippen molar-refractivity contribution in [1.29, 1.82) is 0 Å². The number of carbonyl (C=O) groups excluding carboxylic acids is 1. The van der Waals surface area contributed by atoms with E-state index in [1.54, 1.807) is 39.0 Å². The van der Waals surface area contributed by atoms with Gasteiger partial charge < -0.3 is 15.8 Å². The van der Waals surface area contributed by atoms with Crippen molar-refractivity contribution >= 4 is 29.3 Å². The molecule has 19 heavy (non-hydrogen) atoms. The van der Waals surface area contributed by atoms with Crippen molar-refractivity contribution in [2.24, 2.45) is 5.73 Å². The molecular formula is C13H18Cl2N2O2. The third-order valence-corrected chi connectivity index (χ3v) is 2.61. The number of rotatable bonds is 3. The van der Waals surface area contributed by atoms with Gasteiger partial charge in [-0.1, -0.05) is 23.2 Å². The quantitative estimate of drug-likeness (QED) is 0.898. The minimum atomic E-state index is -0.534. The molecule has 1 aromatic rings. The van der Waals surface area contributed by atoms with Gasteiger partial charge in [0.25, 0.3) is 0 Å². The molecule has 1 atom stereocenters. The van der Waals surface area contributed by atoms with Gasteiger partial charge in [-0.3, -0.25) is 0 Å². The number of hydrogen-bond acceptors (Lipinski definition) is 3. The second-order valence-electron chi connectivity index (χ2n) is 5.19. The fraction of sp³-hybridized carbons (Fsp3) is 0.462. The molecule has 1 unspecified atom stereocenters. The lowest BCUT2D eigenvalue weighted by Crippen LogP contribution is -2.36. The Morgan fingerprint density at radius 1 is 1.32 bits per heavy atom. The number of carbonyl (C=O) groups is 1. The minimum absolute atomic E-state index is 0.242. The van der Waals surface area contributed by atoms with E-state index in [9.17, 15) is 4.79 Å². The summed E-state index contributed by atoms with van der Waals surface area (Å²) in [4.78, 5) is 11.5. The minimum Gasteiger partial charge on any atom is -0.444 e. The van der Waals surface area contributed by atoms with Crippen LogP contribution in [-0.4, -0.2) is 18.2 Å². The molecule has 1 rings (SSSR count). The molecule has 0 spiro atoms. The van der Waals surface area contributed by atoms with Gasteiger partial charge in [0.2, 0.25) is 0 Å². The Morgan fingerprint density at radius 2 is 1.84 bits per heavy atom. The van der Waals surface area contributed by atoms with Gasteiger partial charge in [-0.15, -0.1) is 0 Å². The molecule has 6 heteroatoms. The van der Waals surface area contributed by atoms with Crippen LogP contribution in [0.4, 0.5) is 4.79 Å². The number of nitrogens with two attached hydrogens (primary N) is 1. The lowest BCUT2D eigenvalue weighted by molar-refractivity contribution is 0.0524. The standard InChI is InChI=1S/C13H18Cl2N2O2/c1-13(2,3)19-12(18)17-7-11(16)8-4-9(14)6-10(15)5-8/h4-6,11H,7,16H2,1-3H3,(H,17,18). The van der Waals surface area contributed by atoms with Crippen molar-refractivity contribution in [1.82, 2.24) is 5.32 Å². The number of alkyl carbamates (subject to hydrolysis) is 1. The molecule has 1 aromatic carbocycles. The molecule has 4 nitrogen and oxygen atoms in total. The molecular weight excluding hydrogens is 287 g/mol. The van der Waals surface area contributed by atoms with Crippen LogP contribution >= 0.6 is 23.2 Å². The topological polar surface area (TPSA) is 64.3 Å². The zero-order valence-corrected chi connectivity index (χ0v) is 12.7. The molecule has 0 heterocycles. The second kappa shape index (κ2) is 6.46. The maximum Gasteiger partial charge on any atom is 0.407 e. The zero-order valence-electron chi connectivity index (χ0n) is 11.2. The van der Waals surface area contributed by atoms with E-state index in [4.69, 9.17) is 33.7 Å². The molecule has 0 radical (unpaired) electrons. The van der Waals surface area contributed by atoms with E-state index in [0.717, 1.165) is 5.56 Å². The highest BCUT2D eigenvalue weighted by Crippen LogP contribution is 2.22. The van der Waals surface area contributed by atoms with Crippen LogP contribution in [0.15, 0.2) is 18.2 Å². The Bertz CT molecular complexity index is 438. The lowest BCUT2D eigenvalue weighted by Gasteiger charge is -2.21. The van der Waals surface area contributed by atoms with Gasteiger partial charge in [0.1, 0.15) is 5.60 Å². The Hall–Kier alpha value is -0.970. The molecule has 0 bridgehead atoms. The van der Waals surface area contributed by atoms with Crippen molar-refractivity contribution < 1.29 is 9.53 Å². The first-order valence-electron chi connectivity index (χ1n) is 5.86. The van der Waals surface area contributed by atoms with Crippen LogP contribution in [0, 0.1) is 0 Å². The first kappa shape index (κ1) is 16.1. The third kappa shape index (κ3) is 6.14. The summed E-state index contributed by atoms with van der Waals surface area (Å²) < 4.78 is 5.11. The molecule has 3 N–H and O–H groups in total. The van der Waals surface area contributed by atoms with Crippen LogP contribution in [0.25, 0.3) is 0 Å². The van der Waals surface area contributed by atoms with E-state index < -0.39 is 17.7 Å². The van der Waals surface area contributed by atoms with Crippen molar-refractivity contribution in [2.45, 2.75) is 32.4 Å². The second-order valence-corrected chi connectivity index (χ2v) is 6.06. The van der Waals surface area contributed by atoms with Gasteiger partial charge in [0, 0.05) is 22.6 Å². The van der Waals surface area contributed by atoms with Gasteiger partial charge in [0.15, 0.2) is 0 Å². The molecule has 0 saturated heterocycles. The fourth-order valence-corrected chi connectivity index (χ4v) is 1.96. The van der Waals surface area contributed by atoms with Crippen LogP contribution in [0.1, 0.15) is 32.4 Å². The molecule has 106 valence electrons. The van der Waals surface area contributed by atoms with Gasteiger partial charge >= 0.3 is 6.09 Å². The zero-order chi connectivity index (χ0) is 14.6. The summed E-state index contributed by atoms with van der Waals surface area (Å²) >= 11 is 11.8. The number of halogens is 2. The Kier molecular flexibility index (Phi) is 5.47. The summed E-state index contributed by atoms with van der Waals surface area (Å²) in [7, 11) is 0. The monoisotopic (exact) mass is 304 g/mol. The first-order valence-corrected chi connectivity index (χ1v) is 6.61. The van der Waals surface area contributed by atoms with Crippen LogP contribution < -0.4 is 11.1 Å². The number of amides is 1. The van der Waals surface area contributed by atoms with Crippen LogP contribution in [-0.2, 0) is 4.74 Å². The summed E-state index contributed by atoms with van der Waals surface area (Å²) in [5.41, 5.74) is 6.18. The van der Waals surface area contributed by atoms with Crippen molar-refractivity contribution in [2.75, 3.05) is 6.54 Å². The molecule has 1 amide bonds. The van der Waals surface area contributed by atoms with Crippen LogP contribution in [0.2, 0.25) is 10.0 Å². The highest BCUT2D eigenvalue weighted by molar-refractivity contribution is 6.34. The summed E-state index contributed by atoms with van der Waals surface area (Å²) in [6.07, 6.45) is -0.504. The average Bonchev–Trinajstić information content (AvgIpc) is 2.22. The average molecular weight is 305 g/mol. The smallest absolute Gasteiger partial charge is 0.407 e. The molecule has 0 aliphatic rings. The van der Waals surface area contributed by atoms with Crippen molar-refractivity contribution in [3.05, 3.63) is 33.8 Å². The lowest BCUT2D eigenvalue weighted by atomic mass is 10.1. The maximum atomic E-state index is 11.5. The SMILES string of the molecule is CC(C)(C)OC(=O)NCC(N)c1cc(Cl)cc(Cl)c1. The number of hydrogen-bond donors (Lipinski definition) is 2. The van der Waals surface area contributed by atoms with E-state index >= 15 is 0 Å². The molecule has 0 aliphatic carbocycles. The maximum absolute atomic E-state index is 11.5. The molecule has 0 saturated carbocycles. The van der Waals surface area contributed by atoms with E-state index in [-0.39, 0.29) is 6.54 Å². The van der Waals surface area contributed by atoms with Gasteiger partial charge in [-0.05, 0) is 44.5 Å². The predicted molar refractivity (Wildman–Crippen MR) is 77.6 cm³/mol. The predicted octanol–water partition coefficient (Wildman–Crippen LogP) is 3.52. The van der Waals surface area contributed by atoms with Gasteiger partial charge in [0.05, 0.1) is 0 Å². The summed E-state index contributed by atoms with van der Waals surface area (Å²) in [5.74, 6) is 0. The van der Waals surface area contributed by atoms with Crippen LogP contribution in [0.3, 0.4) is 0 Å². The first-order chi connectivity index (χ1) is 8.67. The van der Waals surface area contributed by atoms with Gasteiger partial charge in [-0.25, -0.2) is 4.79 Å². The summed E-state index contributed by atoms with van der Waals surface area (Å²) in [6.45, 7) is 5.63. The number of ether oxygens (including phenoxy) is 1. The van der Waals surface area contributed by atoms with E-state index in [1.165, 1.54) is 0 Å². The number of benzene rings is 1. The normalized spacial score (nSPS) is 12.9. The molecule has 0 aliphatic heterocycles. The Balaban J connectivity index is 2.56. The van der Waals surface area contributed by atoms with E-state index in [2.05, 4.69) is 5.32 Å². The highest BCUT2D eigenvalue weighted by Gasteiger charge is 2.17. The third-order valence-electron chi connectivity index (χ3n) is 2.18.